The Morgan fingerprint density at radius 1 is 1.26 bits per heavy atom. The van der Waals surface area contributed by atoms with E-state index in [0.29, 0.717) is 0 Å². The van der Waals surface area contributed by atoms with Gasteiger partial charge in [-0.25, -0.2) is 4.79 Å². The Bertz CT molecular complexity index is 816. The standard InChI is InChI=1S/C17H20Cl6NO6P/c1-4-5-29-15(27)12-13(8(2)11-10(9(3)25)14(26)24(11)12)30-31(28,6-16(18,19)20)7-17(21,22)23/h4,8-11,25H,1,5-7H2,2-3H3/t8-,9-,10-,11?/m1/s1. The van der Waals surface area contributed by atoms with Crippen LogP contribution in [0.5, 0.6) is 0 Å². The number of aliphatic hydroxyl groups excluding tert-OH is 1. The van der Waals surface area contributed by atoms with Crippen LogP contribution >= 0.6 is 77.0 Å². The highest BCUT2D eigenvalue weighted by Crippen LogP contribution is 2.61. The number of amides is 1. The van der Waals surface area contributed by atoms with Gasteiger partial charge in [0.05, 0.1) is 30.4 Å². The number of rotatable bonds is 8. The second-order valence-corrected chi connectivity index (χ2v) is 14.8. The average Bonchev–Trinajstić information content (AvgIpc) is 2.77. The van der Waals surface area contributed by atoms with E-state index in [0.717, 1.165) is 4.90 Å². The summed E-state index contributed by atoms with van der Waals surface area (Å²) >= 11 is 35.0. The molecule has 1 unspecified atom stereocenters. The molecule has 7 nitrogen and oxygen atoms in total. The summed E-state index contributed by atoms with van der Waals surface area (Å²) in [6.45, 7) is 6.41. The van der Waals surface area contributed by atoms with Crippen molar-refractivity contribution >= 4 is 88.9 Å². The van der Waals surface area contributed by atoms with Crippen molar-refractivity contribution in [2.75, 3.05) is 18.9 Å². The molecule has 14 heteroatoms. The van der Waals surface area contributed by atoms with Crippen molar-refractivity contribution in [1.82, 2.24) is 4.90 Å². The third kappa shape index (κ3) is 6.39. The number of alkyl halides is 6. The third-order valence-corrected chi connectivity index (χ3v) is 9.10. The molecule has 4 atom stereocenters. The average molecular weight is 578 g/mol. The summed E-state index contributed by atoms with van der Waals surface area (Å²) in [6.07, 6.45) is -0.901. The van der Waals surface area contributed by atoms with E-state index in [1.807, 2.05) is 0 Å². The first-order chi connectivity index (χ1) is 14.0. The summed E-state index contributed by atoms with van der Waals surface area (Å²) in [5.74, 6) is -2.98. The Hall–Kier alpha value is 0.150. The summed E-state index contributed by atoms with van der Waals surface area (Å²) in [5.41, 5.74) is -0.255. The van der Waals surface area contributed by atoms with Gasteiger partial charge in [-0.3, -0.25) is 14.3 Å². The molecule has 1 saturated heterocycles. The summed E-state index contributed by atoms with van der Waals surface area (Å²) in [5, 5.41) is 10.0. The number of hydrogen-bond acceptors (Lipinski definition) is 6. The van der Waals surface area contributed by atoms with Crippen molar-refractivity contribution < 1.29 is 28.5 Å². The number of β-lactam (4-membered cyclic amide) rings is 1. The summed E-state index contributed by atoms with van der Waals surface area (Å²) in [4.78, 5) is 26.5. The Kier molecular flexibility index (Phi) is 8.65. The van der Waals surface area contributed by atoms with Gasteiger partial charge in [-0.1, -0.05) is 89.2 Å². The van der Waals surface area contributed by atoms with E-state index >= 15 is 0 Å². The fourth-order valence-corrected chi connectivity index (χ4v) is 8.90. The highest BCUT2D eigenvalue weighted by molar-refractivity contribution is 7.60. The van der Waals surface area contributed by atoms with E-state index in [9.17, 15) is 19.3 Å². The number of carbonyl (C=O) groups excluding carboxylic acids is 2. The molecular formula is C17H20Cl6NO6P. The molecule has 0 aromatic carbocycles. The van der Waals surface area contributed by atoms with E-state index in [1.165, 1.54) is 13.0 Å². The topological polar surface area (TPSA) is 93.1 Å². The fraction of sp³-hybridized carbons (Fsp3) is 0.647. The number of hydrogen-bond donors (Lipinski definition) is 1. The van der Waals surface area contributed by atoms with Gasteiger partial charge in [0, 0.05) is 5.92 Å². The number of esters is 1. The molecular weight excluding hydrogens is 558 g/mol. The lowest BCUT2D eigenvalue weighted by atomic mass is 9.79. The van der Waals surface area contributed by atoms with Gasteiger partial charge in [0.15, 0.2) is 5.70 Å². The second-order valence-electron chi connectivity index (χ2n) is 7.31. The van der Waals surface area contributed by atoms with Crippen molar-refractivity contribution in [2.24, 2.45) is 11.8 Å². The number of halogens is 6. The normalized spacial score (nSPS) is 25.1. The molecule has 2 rings (SSSR count). The summed E-state index contributed by atoms with van der Waals surface area (Å²) < 4.78 is 20.4. The highest BCUT2D eigenvalue weighted by Gasteiger charge is 2.62. The number of nitrogens with zero attached hydrogens (tertiary/aromatic N) is 1. The molecule has 0 spiro atoms. The van der Waals surface area contributed by atoms with Gasteiger partial charge in [-0.2, -0.15) is 0 Å². The molecule has 1 amide bonds. The van der Waals surface area contributed by atoms with Crippen molar-refractivity contribution in [2.45, 2.75) is 33.6 Å². The van der Waals surface area contributed by atoms with Crippen LogP contribution in [0.2, 0.25) is 0 Å². The zero-order valence-electron chi connectivity index (χ0n) is 16.4. The Morgan fingerprint density at radius 3 is 2.19 bits per heavy atom. The molecule has 176 valence electrons. The lowest BCUT2D eigenvalue weighted by molar-refractivity contribution is -0.164. The van der Waals surface area contributed by atoms with E-state index in [4.69, 9.17) is 78.9 Å². The minimum atomic E-state index is -4.02. The monoisotopic (exact) mass is 575 g/mol. The molecule has 2 aliphatic rings. The first kappa shape index (κ1) is 27.4. The molecule has 0 saturated carbocycles. The van der Waals surface area contributed by atoms with Crippen LogP contribution in [0.4, 0.5) is 0 Å². The van der Waals surface area contributed by atoms with Crippen LogP contribution in [0.25, 0.3) is 0 Å². The largest absolute Gasteiger partial charge is 0.457 e. The van der Waals surface area contributed by atoms with Crippen molar-refractivity contribution in [3.8, 4) is 0 Å². The van der Waals surface area contributed by atoms with Crippen LogP contribution in [0, 0.1) is 11.8 Å². The van der Waals surface area contributed by atoms with Gasteiger partial charge in [-0.05, 0) is 6.92 Å². The van der Waals surface area contributed by atoms with E-state index in [1.54, 1.807) is 6.92 Å². The molecule has 2 heterocycles. The van der Waals surface area contributed by atoms with Crippen LogP contribution in [-0.2, 0) is 23.4 Å². The van der Waals surface area contributed by atoms with Gasteiger partial charge < -0.3 is 14.4 Å². The molecule has 1 N–H and O–H groups in total. The molecule has 0 bridgehead atoms. The van der Waals surface area contributed by atoms with Crippen molar-refractivity contribution in [3.05, 3.63) is 24.1 Å². The van der Waals surface area contributed by atoms with Crippen LogP contribution in [-0.4, -0.2) is 60.5 Å². The molecule has 0 aliphatic carbocycles. The quantitative estimate of drug-likeness (QED) is 0.146. The smallest absolute Gasteiger partial charge is 0.358 e. The fourth-order valence-electron chi connectivity index (χ4n) is 3.68. The SMILES string of the molecule is C=CCOC(=O)C1=C(OP(=O)(CC(Cl)(Cl)Cl)CC(Cl)(Cl)Cl)[C@H](C)C2[C@@H]([C@@H](C)O)C(=O)N12. The van der Waals surface area contributed by atoms with Gasteiger partial charge in [-0.15, -0.1) is 0 Å². The predicted octanol–water partition coefficient (Wildman–Crippen LogP) is 4.82. The van der Waals surface area contributed by atoms with Gasteiger partial charge in [0.2, 0.25) is 13.5 Å². The number of carbonyl (C=O) groups is 2. The highest BCUT2D eigenvalue weighted by atomic mass is 35.6. The Morgan fingerprint density at radius 2 is 1.77 bits per heavy atom. The van der Waals surface area contributed by atoms with Crippen LogP contribution in [0.1, 0.15) is 13.8 Å². The van der Waals surface area contributed by atoms with Crippen LogP contribution in [0.15, 0.2) is 24.1 Å². The van der Waals surface area contributed by atoms with Gasteiger partial charge in [0.25, 0.3) is 7.37 Å². The van der Waals surface area contributed by atoms with Gasteiger partial charge >= 0.3 is 5.97 Å². The van der Waals surface area contributed by atoms with Crippen LogP contribution < -0.4 is 0 Å². The maximum atomic E-state index is 13.6. The molecule has 0 aromatic heterocycles. The molecule has 0 radical (unpaired) electrons. The number of aliphatic hydroxyl groups is 1. The van der Waals surface area contributed by atoms with Gasteiger partial charge in [0.1, 0.15) is 12.4 Å². The maximum Gasteiger partial charge on any atom is 0.358 e. The zero-order valence-corrected chi connectivity index (χ0v) is 21.8. The van der Waals surface area contributed by atoms with E-state index in [-0.39, 0.29) is 18.1 Å². The first-order valence-electron chi connectivity index (χ1n) is 8.96. The lowest BCUT2D eigenvalue weighted by Gasteiger charge is -2.46. The van der Waals surface area contributed by atoms with Crippen LogP contribution in [0.3, 0.4) is 0 Å². The third-order valence-electron chi connectivity index (χ3n) is 4.74. The Labute approximate surface area is 209 Å². The number of ether oxygens (including phenoxy) is 1. The maximum absolute atomic E-state index is 13.6. The van der Waals surface area contributed by atoms with Crippen molar-refractivity contribution in [1.29, 1.82) is 0 Å². The molecule has 31 heavy (non-hydrogen) atoms. The number of fused-ring (bicyclic) bond motifs is 1. The molecule has 0 aromatic rings. The zero-order chi connectivity index (χ0) is 23.9. The molecule has 2 aliphatic heterocycles. The summed E-state index contributed by atoms with van der Waals surface area (Å²) in [6, 6.07) is -0.622. The van der Waals surface area contributed by atoms with E-state index in [2.05, 4.69) is 6.58 Å². The summed E-state index contributed by atoms with van der Waals surface area (Å²) in [7, 11) is -4.02. The predicted molar refractivity (Wildman–Crippen MR) is 122 cm³/mol. The Balaban J connectivity index is 2.52. The van der Waals surface area contributed by atoms with E-state index < -0.39 is 63.1 Å². The van der Waals surface area contributed by atoms with Crippen molar-refractivity contribution in [3.63, 3.8) is 0 Å². The minimum absolute atomic E-state index is 0.123. The lowest BCUT2D eigenvalue weighted by Crippen LogP contribution is -2.63. The second kappa shape index (κ2) is 9.79. The molecule has 1 fully saturated rings. The minimum Gasteiger partial charge on any atom is -0.457 e. The first-order valence-corrected chi connectivity index (χ1v) is 13.2.